The van der Waals surface area contributed by atoms with Gasteiger partial charge < -0.3 is 5.32 Å². The third-order valence-electron chi connectivity index (χ3n) is 1.70. The van der Waals surface area contributed by atoms with Crippen LogP contribution in [0.4, 0.5) is 5.69 Å². The topological polar surface area (TPSA) is 12.0 Å². The quantitative estimate of drug-likeness (QED) is 0.639. The zero-order chi connectivity index (χ0) is 10.4. The molecule has 0 aliphatic carbocycles. The summed E-state index contributed by atoms with van der Waals surface area (Å²) in [5.41, 5.74) is 1.17. The van der Waals surface area contributed by atoms with Gasteiger partial charge in [-0.3, -0.25) is 0 Å². The van der Waals surface area contributed by atoms with Gasteiger partial charge in [-0.15, -0.1) is 0 Å². The van der Waals surface area contributed by atoms with Gasteiger partial charge in [-0.1, -0.05) is 18.5 Å². The average Bonchev–Trinajstić information content (AvgIpc) is 2.15. The molecule has 0 aliphatic heterocycles. The monoisotopic (exact) mass is 341 g/mol. The second kappa shape index (κ2) is 6.80. The smallest absolute Gasteiger partial charge is 0.0477 e. The molecule has 0 heterocycles. The van der Waals surface area contributed by atoms with Crippen LogP contribution in [-0.2, 0) is 0 Å². The van der Waals surface area contributed by atoms with Crippen molar-refractivity contribution in [1.82, 2.24) is 0 Å². The molecular weight excluding hydrogens is 329 g/mol. The molecule has 0 amide bonds. The van der Waals surface area contributed by atoms with Gasteiger partial charge in [0.25, 0.3) is 0 Å². The fourth-order valence-corrected chi connectivity index (χ4v) is 2.63. The maximum atomic E-state index is 5.86. The molecule has 0 unspecified atom stereocenters. The third-order valence-corrected chi connectivity index (χ3v) is 3.73. The molecule has 0 atom stereocenters. The molecule has 0 bridgehead atoms. The van der Waals surface area contributed by atoms with Crippen molar-refractivity contribution in [2.24, 2.45) is 0 Å². The van der Waals surface area contributed by atoms with Gasteiger partial charge in [-0.25, -0.2) is 0 Å². The van der Waals surface area contributed by atoms with Crippen molar-refractivity contribution in [3.05, 3.63) is 26.8 Å². The van der Waals surface area contributed by atoms with Crippen molar-refractivity contribution in [1.29, 1.82) is 0 Å². The predicted molar refractivity (Wildman–Crippen MR) is 75.7 cm³/mol. The summed E-state index contributed by atoms with van der Waals surface area (Å²) in [6, 6.07) is 5.91. The maximum absolute atomic E-state index is 5.86. The molecule has 0 spiro atoms. The number of anilines is 1. The number of benzene rings is 1. The van der Waals surface area contributed by atoms with Crippen LogP contribution in [0.25, 0.3) is 0 Å². The predicted octanol–water partition coefficient (Wildman–Crippen LogP) is 4.11. The fourth-order valence-electron chi connectivity index (χ4n) is 1.04. The molecule has 1 nitrogen and oxygen atoms in total. The molecule has 0 saturated carbocycles. The lowest BCUT2D eigenvalue weighted by atomic mass is 10.3. The van der Waals surface area contributed by atoms with Crippen molar-refractivity contribution in [3.63, 3.8) is 0 Å². The lowest BCUT2D eigenvalue weighted by Gasteiger charge is -2.07. The first-order valence-electron chi connectivity index (χ1n) is 4.50. The highest BCUT2D eigenvalue weighted by molar-refractivity contribution is 14.1. The number of hydrogen-bond acceptors (Lipinski definition) is 2. The van der Waals surface area contributed by atoms with E-state index in [-0.39, 0.29) is 0 Å². The SMILES string of the molecule is CCSCCNc1ccc(Cl)cc1I. The number of rotatable bonds is 5. The minimum Gasteiger partial charge on any atom is -0.383 e. The van der Waals surface area contributed by atoms with Gasteiger partial charge in [0.2, 0.25) is 0 Å². The molecule has 1 rings (SSSR count). The Balaban J connectivity index is 2.42. The molecule has 0 radical (unpaired) electrons. The summed E-state index contributed by atoms with van der Waals surface area (Å²) in [6.07, 6.45) is 0. The highest BCUT2D eigenvalue weighted by atomic mass is 127. The molecule has 1 aromatic carbocycles. The third kappa shape index (κ3) is 4.28. The second-order valence-corrected chi connectivity index (χ2v) is 5.74. The van der Waals surface area contributed by atoms with Gasteiger partial charge in [0.15, 0.2) is 0 Å². The first-order chi connectivity index (χ1) is 6.74. The summed E-state index contributed by atoms with van der Waals surface area (Å²) in [4.78, 5) is 0. The summed E-state index contributed by atoms with van der Waals surface area (Å²) in [5, 5.41) is 4.18. The van der Waals surface area contributed by atoms with Crippen LogP contribution in [0.5, 0.6) is 0 Å². The molecule has 0 saturated heterocycles. The van der Waals surface area contributed by atoms with E-state index in [2.05, 4.69) is 34.8 Å². The van der Waals surface area contributed by atoms with Crippen LogP contribution in [0.3, 0.4) is 0 Å². The summed E-state index contributed by atoms with van der Waals surface area (Å²) in [6.45, 7) is 3.19. The van der Waals surface area contributed by atoms with E-state index < -0.39 is 0 Å². The van der Waals surface area contributed by atoms with E-state index in [1.54, 1.807) is 0 Å². The van der Waals surface area contributed by atoms with Crippen molar-refractivity contribution in [2.75, 3.05) is 23.4 Å². The lowest BCUT2D eigenvalue weighted by molar-refractivity contribution is 1.22. The van der Waals surface area contributed by atoms with Crippen molar-refractivity contribution >= 4 is 51.6 Å². The van der Waals surface area contributed by atoms with E-state index in [0.29, 0.717) is 0 Å². The summed E-state index contributed by atoms with van der Waals surface area (Å²) >= 11 is 10.1. The molecule has 0 fully saturated rings. The van der Waals surface area contributed by atoms with E-state index >= 15 is 0 Å². The van der Waals surface area contributed by atoms with Gasteiger partial charge in [0, 0.05) is 26.6 Å². The van der Waals surface area contributed by atoms with Crippen molar-refractivity contribution in [3.8, 4) is 0 Å². The van der Waals surface area contributed by atoms with Gasteiger partial charge in [0.1, 0.15) is 0 Å². The highest BCUT2D eigenvalue weighted by Gasteiger charge is 1.98. The van der Waals surface area contributed by atoms with Crippen LogP contribution in [0.15, 0.2) is 18.2 Å². The van der Waals surface area contributed by atoms with Crippen LogP contribution >= 0.6 is 46.0 Å². The standard InChI is InChI=1S/C10H13ClINS/c1-2-14-6-5-13-10-4-3-8(11)7-9(10)12/h3-4,7,13H,2,5-6H2,1H3. The molecule has 0 aliphatic rings. The fraction of sp³-hybridized carbons (Fsp3) is 0.400. The van der Waals surface area contributed by atoms with Crippen LogP contribution in [0, 0.1) is 3.57 Å². The van der Waals surface area contributed by atoms with Crippen LogP contribution in [-0.4, -0.2) is 18.1 Å². The number of nitrogens with one attached hydrogen (secondary N) is 1. The number of thioether (sulfide) groups is 1. The van der Waals surface area contributed by atoms with Crippen molar-refractivity contribution < 1.29 is 0 Å². The van der Waals surface area contributed by atoms with Gasteiger partial charge >= 0.3 is 0 Å². The lowest BCUT2D eigenvalue weighted by Crippen LogP contribution is -2.05. The first-order valence-corrected chi connectivity index (χ1v) is 7.12. The maximum Gasteiger partial charge on any atom is 0.0477 e. The van der Waals surface area contributed by atoms with Crippen molar-refractivity contribution in [2.45, 2.75) is 6.92 Å². The summed E-state index contributed by atoms with van der Waals surface area (Å²) in [7, 11) is 0. The first kappa shape index (κ1) is 12.5. The van der Waals surface area contributed by atoms with E-state index in [9.17, 15) is 0 Å². The van der Waals surface area contributed by atoms with Gasteiger partial charge in [0.05, 0.1) is 0 Å². The normalized spacial score (nSPS) is 10.2. The molecular formula is C10H13ClINS. The van der Waals surface area contributed by atoms with E-state index in [0.717, 1.165) is 17.3 Å². The Morgan fingerprint density at radius 1 is 1.50 bits per heavy atom. The molecule has 4 heteroatoms. The van der Waals surface area contributed by atoms with Crippen LogP contribution < -0.4 is 5.32 Å². The van der Waals surface area contributed by atoms with Crippen LogP contribution in [0.2, 0.25) is 5.02 Å². The van der Waals surface area contributed by atoms with E-state index in [1.807, 2.05) is 30.0 Å². The summed E-state index contributed by atoms with van der Waals surface area (Å²) in [5.74, 6) is 2.33. The highest BCUT2D eigenvalue weighted by Crippen LogP contribution is 2.22. The Kier molecular flexibility index (Phi) is 6.05. The zero-order valence-electron chi connectivity index (χ0n) is 8.02. The largest absolute Gasteiger partial charge is 0.383 e. The molecule has 78 valence electrons. The molecule has 1 aromatic rings. The van der Waals surface area contributed by atoms with E-state index in [4.69, 9.17) is 11.6 Å². The molecule has 0 aromatic heterocycles. The molecule has 1 N–H and O–H groups in total. The van der Waals surface area contributed by atoms with Gasteiger partial charge in [-0.05, 0) is 46.5 Å². The Bertz CT molecular complexity index is 293. The Morgan fingerprint density at radius 2 is 2.29 bits per heavy atom. The average molecular weight is 342 g/mol. The minimum absolute atomic E-state index is 0.794. The Hall–Kier alpha value is 0.390. The number of halogens is 2. The zero-order valence-corrected chi connectivity index (χ0v) is 11.7. The van der Waals surface area contributed by atoms with Gasteiger partial charge in [-0.2, -0.15) is 11.8 Å². The minimum atomic E-state index is 0.794. The van der Waals surface area contributed by atoms with Crippen LogP contribution in [0.1, 0.15) is 6.92 Å². The van der Waals surface area contributed by atoms with E-state index in [1.165, 1.54) is 15.0 Å². The Labute approximate surface area is 108 Å². The second-order valence-electron chi connectivity index (χ2n) is 2.75. The number of hydrogen-bond donors (Lipinski definition) is 1. The Morgan fingerprint density at radius 3 is 2.93 bits per heavy atom. The molecule has 14 heavy (non-hydrogen) atoms. The summed E-state index contributed by atoms with van der Waals surface area (Å²) < 4.78 is 1.18.